The molecule has 4 rings (SSSR count). The van der Waals surface area contributed by atoms with Crippen molar-refractivity contribution < 1.29 is 13.2 Å². The summed E-state index contributed by atoms with van der Waals surface area (Å²) >= 11 is 0. The number of carbonyl (C=O) groups excluding carboxylic acids is 1. The van der Waals surface area contributed by atoms with Crippen LogP contribution in [0.3, 0.4) is 0 Å². The highest BCUT2D eigenvalue weighted by molar-refractivity contribution is 7.89. The molecule has 3 aromatic rings. The Morgan fingerprint density at radius 2 is 2.03 bits per heavy atom. The number of hydrogen-bond donors (Lipinski definition) is 2. The van der Waals surface area contributed by atoms with Crippen LogP contribution in [0.5, 0.6) is 0 Å². The molecule has 30 heavy (non-hydrogen) atoms. The topological polar surface area (TPSA) is 95.2 Å². The number of aromatic nitrogens is 2. The smallest absolute Gasteiger partial charge is 0.243 e. The van der Waals surface area contributed by atoms with Crippen LogP contribution < -0.4 is 5.32 Å². The van der Waals surface area contributed by atoms with Crippen molar-refractivity contribution in [3.8, 4) is 0 Å². The number of pyridine rings is 1. The molecular weight excluding hydrogens is 400 g/mol. The van der Waals surface area contributed by atoms with Crippen molar-refractivity contribution in [3.05, 3.63) is 53.3 Å². The monoisotopic (exact) mass is 426 g/mol. The molecule has 1 aromatic carbocycles. The van der Waals surface area contributed by atoms with Crippen LogP contribution in [0.1, 0.15) is 42.5 Å². The Morgan fingerprint density at radius 3 is 2.77 bits per heavy atom. The van der Waals surface area contributed by atoms with Gasteiger partial charge in [0.2, 0.25) is 15.9 Å². The molecule has 158 valence electrons. The lowest BCUT2D eigenvalue weighted by Crippen LogP contribution is -2.39. The maximum atomic E-state index is 13.5. The van der Waals surface area contributed by atoms with Gasteiger partial charge in [0.1, 0.15) is 0 Å². The molecule has 1 fully saturated rings. The highest BCUT2D eigenvalue weighted by Gasteiger charge is 2.32. The molecular formula is C22H26N4O3S. The second kappa shape index (κ2) is 7.85. The fourth-order valence-electron chi connectivity index (χ4n) is 4.14. The molecule has 1 aliphatic heterocycles. The molecule has 0 bridgehead atoms. The number of anilines is 1. The molecule has 1 amide bonds. The van der Waals surface area contributed by atoms with Crippen LogP contribution in [-0.2, 0) is 14.8 Å². The highest BCUT2D eigenvalue weighted by Crippen LogP contribution is 2.33. The minimum absolute atomic E-state index is 0.0998. The molecule has 2 N–H and O–H groups in total. The standard InChI is InChI=1S/C22H26N4O3S/c1-14-11-22(15(2)10-19(14)24-16(3)27)30(28,29)26-9-5-6-17(13-26)20-12-21-18(25-20)7-4-8-23-21/h4,7-8,10-12,17,25H,5-6,9,13H2,1-3H3,(H,24,27)/t17-/m1/s1. The Balaban J connectivity index is 1.62. The van der Waals surface area contributed by atoms with Gasteiger partial charge in [0.25, 0.3) is 0 Å². The van der Waals surface area contributed by atoms with E-state index in [4.69, 9.17) is 0 Å². The van der Waals surface area contributed by atoms with Gasteiger partial charge >= 0.3 is 0 Å². The minimum Gasteiger partial charge on any atom is -0.357 e. The van der Waals surface area contributed by atoms with Gasteiger partial charge < -0.3 is 10.3 Å². The first kappa shape index (κ1) is 20.6. The lowest BCUT2D eigenvalue weighted by Gasteiger charge is -2.32. The Kier molecular flexibility index (Phi) is 5.38. The van der Waals surface area contributed by atoms with Crippen LogP contribution in [0.2, 0.25) is 0 Å². The summed E-state index contributed by atoms with van der Waals surface area (Å²) in [5.41, 5.74) is 4.88. The Hall–Kier alpha value is -2.71. The van der Waals surface area contributed by atoms with E-state index in [2.05, 4.69) is 15.3 Å². The molecule has 0 aliphatic carbocycles. The molecule has 0 radical (unpaired) electrons. The zero-order chi connectivity index (χ0) is 21.5. The molecule has 1 saturated heterocycles. The molecule has 0 spiro atoms. The first-order valence-corrected chi connectivity index (χ1v) is 11.5. The fraction of sp³-hybridized carbons (Fsp3) is 0.364. The van der Waals surface area contributed by atoms with Gasteiger partial charge in [-0.3, -0.25) is 9.78 Å². The molecule has 7 nitrogen and oxygen atoms in total. The van der Waals surface area contributed by atoms with Crippen molar-refractivity contribution >= 4 is 32.7 Å². The SMILES string of the molecule is CC(=O)Nc1cc(C)c(S(=O)(=O)N2CCC[C@@H](c3cc4ncccc4[nH]3)C2)cc1C. The van der Waals surface area contributed by atoms with Crippen molar-refractivity contribution in [2.75, 3.05) is 18.4 Å². The quantitative estimate of drug-likeness (QED) is 0.665. The number of nitrogens with one attached hydrogen (secondary N) is 2. The summed E-state index contributed by atoms with van der Waals surface area (Å²) in [5, 5.41) is 2.76. The Morgan fingerprint density at radius 1 is 1.23 bits per heavy atom. The molecule has 0 saturated carbocycles. The van der Waals surface area contributed by atoms with Gasteiger partial charge in [0, 0.05) is 43.5 Å². The van der Waals surface area contributed by atoms with Gasteiger partial charge in [-0.2, -0.15) is 4.31 Å². The van der Waals surface area contributed by atoms with E-state index in [1.165, 1.54) is 6.92 Å². The number of amides is 1. The lowest BCUT2D eigenvalue weighted by molar-refractivity contribution is -0.114. The lowest BCUT2D eigenvalue weighted by atomic mass is 9.96. The third kappa shape index (κ3) is 3.85. The van der Waals surface area contributed by atoms with Crippen molar-refractivity contribution in [1.82, 2.24) is 14.3 Å². The normalized spacial score (nSPS) is 17.9. The predicted molar refractivity (Wildman–Crippen MR) is 117 cm³/mol. The Bertz CT molecular complexity index is 1180. The van der Waals surface area contributed by atoms with Crippen molar-refractivity contribution in [2.45, 2.75) is 44.4 Å². The van der Waals surface area contributed by atoms with Gasteiger partial charge in [-0.05, 0) is 68.1 Å². The second-order valence-electron chi connectivity index (χ2n) is 7.98. The number of H-pyrrole nitrogens is 1. The number of fused-ring (bicyclic) bond motifs is 1. The van der Waals surface area contributed by atoms with Gasteiger partial charge in [-0.25, -0.2) is 8.42 Å². The number of benzene rings is 1. The molecule has 8 heteroatoms. The fourth-order valence-corrected chi connectivity index (χ4v) is 5.96. The average Bonchev–Trinajstić information content (AvgIpc) is 3.14. The van der Waals surface area contributed by atoms with E-state index in [9.17, 15) is 13.2 Å². The first-order chi connectivity index (χ1) is 14.3. The molecule has 3 heterocycles. The second-order valence-corrected chi connectivity index (χ2v) is 9.88. The van der Waals surface area contributed by atoms with Crippen LogP contribution >= 0.6 is 0 Å². The van der Waals surface area contributed by atoms with Gasteiger partial charge in [-0.1, -0.05) is 0 Å². The summed E-state index contributed by atoms with van der Waals surface area (Å²) in [5.74, 6) is -0.0809. The van der Waals surface area contributed by atoms with Gasteiger partial charge in [0.15, 0.2) is 0 Å². The Labute approximate surface area is 176 Å². The van der Waals surface area contributed by atoms with E-state index >= 15 is 0 Å². The number of piperidine rings is 1. The van der Waals surface area contributed by atoms with Gasteiger partial charge in [-0.15, -0.1) is 0 Å². The van der Waals surface area contributed by atoms with Crippen LogP contribution in [0, 0.1) is 13.8 Å². The van der Waals surface area contributed by atoms with E-state index in [0.29, 0.717) is 29.2 Å². The van der Waals surface area contributed by atoms with Crippen molar-refractivity contribution in [2.24, 2.45) is 0 Å². The van der Waals surface area contributed by atoms with Crippen molar-refractivity contribution in [3.63, 3.8) is 0 Å². The molecule has 2 aromatic heterocycles. The number of aryl methyl sites for hydroxylation is 2. The van der Waals surface area contributed by atoms with E-state index < -0.39 is 10.0 Å². The number of aromatic amines is 1. The number of carbonyl (C=O) groups is 1. The molecule has 0 unspecified atom stereocenters. The zero-order valence-corrected chi connectivity index (χ0v) is 18.2. The number of sulfonamides is 1. The predicted octanol–water partition coefficient (Wildman–Crippen LogP) is 3.71. The zero-order valence-electron chi connectivity index (χ0n) is 17.4. The largest absolute Gasteiger partial charge is 0.357 e. The molecule has 1 aliphatic rings. The number of nitrogens with zero attached hydrogens (tertiary/aromatic N) is 2. The summed E-state index contributed by atoms with van der Waals surface area (Å²) in [4.78, 5) is 19.5. The maximum absolute atomic E-state index is 13.5. The molecule has 1 atom stereocenters. The minimum atomic E-state index is -3.64. The summed E-state index contributed by atoms with van der Waals surface area (Å²) in [6.45, 7) is 5.94. The van der Waals surface area contributed by atoms with E-state index in [1.807, 2.05) is 18.2 Å². The van der Waals surface area contributed by atoms with Gasteiger partial charge in [0.05, 0.1) is 15.9 Å². The summed E-state index contributed by atoms with van der Waals surface area (Å²) in [6.07, 6.45) is 3.49. The van der Waals surface area contributed by atoms with E-state index in [0.717, 1.165) is 35.1 Å². The highest BCUT2D eigenvalue weighted by atomic mass is 32.2. The number of rotatable bonds is 4. The summed E-state index contributed by atoms with van der Waals surface area (Å²) in [6, 6.07) is 9.27. The van der Waals surface area contributed by atoms with Crippen LogP contribution in [0.25, 0.3) is 11.0 Å². The summed E-state index contributed by atoms with van der Waals surface area (Å²) in [7, 11) is -3.64. The third-order valence-corrected chi connectivity index (χ3v) is 7.69. The van der Waals surface area contributed by atoms with Crippen LogP contribution in [0.4, 0.5) is 5.69 Å². The van der Waals surface area contributed by atoms with Crippen LogP contribution in [-0.4, -0.2) is 41.7 Å². The van der Waals surface area contributed by atoms with Crippen molar-refractivity contribution in [1.29, 1.82) is 0 Å². The summed E-state index contributed by atoms with van der Waals surface area (Å²) < 4.78 is 28.5. The number of hydrogen-bond acceptors (Lipinski definition) is 4. The third-order valence-electron chi connectivity index (χ3n) is 5.68. The van der Waals surface area contributed by atoms with Crippen LogP contribution in [0.15, 0.2) is 41.4 Å². The first-order valence-electron chi connectivity index (χ1n) is 10.1. The maximum Gasteiger partial charge on any atom is 0.243 e. The van der Waals surface area contributed by atoms with E-state index in [-0.39, 0.29) is 11.8 Å². The van der Waals surface area contributed by atoms with E-state index in [1.54, 1.807) is 36.5 Å². The average molecular weight is 427 g/mol.